The van der Waals surface area contributed by atoms with Gasteiger partial charge in [0.1, 0.15) is 6.29 Å². The molecule has 0 aliphatic rings. The van der Waals surface area contributed by atoms with Crippen molar-refractivity contribution in [2.45, 2.75) is 111 Å². The van der Waals surface area contributed by atoms with Gasteiger partial charge in [0.05, 0.1) is 0 Å². The lowest BCUT2D eigenvalue weighted by Gasteiger charge is -2.18. The van der Waals surface area contributed by atoms with Gasteiger partial charge in [-0.25, -0.2) is 0 Å². The molecular formula is C22H42O. The minimum Gasteiger partial charge on any atom is -0.298 e. The van der Waals surface area contributed by atoms with Crippen LogP contribution in [0.4, 0.5) is 0 Å². The normalized spacial score (nSPS) is 14.7. The smallest absolute Gasteiger partial charge is 0.145 e. The first-order valence-corrected chi connectivity index (χ1v) is 10.3. The van der Waals surface area contributed by atoms with Crippen LogP contribution in [0.5, 0.6) is 0 Å². The zero-order valence-corrected chi connectivity index (χ0v) is 16.4. The van der Waals surface area contributed by atoms with E-state index in [0.29, 0.717) is 5.92 Å². The summed E-state index contributed by atoms with van der Waals surface area (Å²) >= 11 is 0. The molecule has 0 aliphatic carbocycles. The maximum atomic E-state index is 11.2. The third-order valence-corrected chi connectivity index (χ3v) is 5.21. The molecule has 0 radical (unpaired) electrons. The zero-order chi connectivity index (χ0) is 17.3. The van der Waals surface area contributed by atoms with Crippen molar-refractivity contribution >= 4 is 6.29 Å². The lowest BCUT2D eigenvalue weighted by Crippen LogP contribution is -2.07. The Labute approximate surface area is 146 Å². The van der Waals surface area contributed by atoms with E-state index in [1.54, 1.807) is 0 Å². The van der Waals surface area contributed by atoms with E-state index in [1.807, 2.05) is 0 Å². The molecule has 2 unspecified atom stereocenters. The molecule has 0 bridgehead atoms. The fourth-order valence-electron chi connectivity index (χ4n) is 3.07. The SMILES string of the molecule is CCCCCCCCC(C=O)=CCC(C)C(C)CCCCCC. The number of hydrogen-bond acceptors (Lipinski definition) is 1. The summed E-state index contributed by atoms with van der Waals surface area (Å²) in [5.74, 6) is 1.46. The van der Waals surface area contributed by atoms with Crippen LogP contribution in [0.1, 0.15) is 111 Å². The first-order valence-electron chi connectivity index (χ1n) is 10.3. The molecule has 0 amide bonds. The number of hydrogen-bond donors (Lipinski definition) is 0. The number of carbonyl (C=O) groups is 1. The van der Waals surface area contributed by atoms with Crippen molar-refractivity contribution in [2.75, 3.05) is 0 Å². The lowest BCUT2D eigenvalue weighted by atomic mass is 9.87. The molecule has 23 heavy (non-hydrogen) atoms. The average Bonchev–Trinajstić information content (AvgIpc) is 2.56. The molecule has 136 valence electrons. The molecule has 0 spiro atoms. The van der Waals surface area contributed by atoms with Gasteiger partial charge in [0.15, 0.2) is 0 Å². The Hall–Kier alpha value is -0.590. The number of unbranched alkanes of at least 4 members (excludes halogenated alkanes) is 8. The quantitative estimate of drug-likeness (QED) is 0.163. The van der Waals surface area contributed by atoms with E-state index in [1.165, 1.54) is 70.6 Å². The van der Waals surface area contributed by atoms with Crippen LogP contribution in [0, 0.1) is 11.8 Å². The van der Waals surface area contributed by atoms with Crippen molar-refractivity contribution in [1.29, 1.82) is 0 Å². The molecule has 0 aromatic heterocycles. The Morgan fingerprint density at radius 3 is 1.96 bits per heavy atom. The second kappa shape index (κ2) is 16.3. The van der Waals surface area contributed by atoms with Gasteiger partial charge in [0.2, 0.25) is 0 Å². The second-order valence-electron chi connectivity index (χ2n) is 7.45. The van der Waals surface area contributed by atoms with Gasteiger partial charge in [-0.2, -0.15) is 0 Å². The minimum absolute atomic E-state index is 0.691. The number of rotatable bonds is 16. The van der Waals surface area contributed by atoms with E-state index in [9.17, 15) is 4.79 Å². The largest absolute Gasteiger partial charge is 0.298 e. The summed E-state index contributed by atoms with van der Waals surface area (Å²) in [7, 11) is 0. The summed E-state index contributed by atoms with van der Waals surface area (Å²) in [6.07, 6.45) is 19.9. The fourth-order valence-corrected chi connectivity index (χ4v) is 3.07. The first kappa shape index (κ1) is 22.4. The van der Waals surface area contributed by atoms with Crippen molar-refractivity contribution in [2.24, 2.45) is 11.8 Å². The molecule has 1 heteroatoms. The molecule has 0 N–H and O–H groups in total. The van der Waals surface area contributed by atoms with Gasteiger partial charge in [-0.1, -0.05) is 98.0 Å². The molecule has 2 atom stereocenters. The van der Waals surface area contributed by atoms with Crippen LogP contribution in [-0.4, -0.2) is 6.29 Å². The molecule has 0 saturated heterocycles. The molecular weight excluding hydrogens is 280 g/mol. The average molecular weight is 323 g/mol. The Morgan fingerprint density at radius 1 is 0.783 bits per heavy atom. The maximum absolute atomic E-state index is 11.2. The Balaban J connectivity index is 3.89. The van der Waals surface area contributed by atoms with Crippen molar-refractivity contribution in [1.82, 2.24) is 0 Å². The van der Waals surface area contributed by atoms with Crippen LogP contribution in [0.15, 0.2) is 11.6 Å². The van der Waals surface area contributed by atoms with Gasteiger partial charge < -0.3 is 0 Å². The minimum atomic E-state index is 0.691. The van der Waals surface area contributed by atoms with E-state index in [4.69, 9.17) is 0 Å². The van der Waals surface area contributed by atoms with Crippen molar-refractivity contribution in [3.05, 3.63) is 11.6 Å². The predicted molar refractivity (Wildman–Crippen MR) is 104 cm³/mol. The fraction of sp³-hybridized carbons (Fsp3) is 0.864. The van der Waals surface area contributed by atoms with Gasteiger partial charge in [-0.15, -0.1) is 0 Å². The zero-order valence-electron chi connectivity index (χ0n) is 16.4. The molecule has 0 saturated carbocycles. The Bertz CT molecular complexity index is 292. The monoisotopic (exact) mass is 322 g/mol. The highest BCUT2D eigenvalue weighted by Crippen LogP contribution is 2.23. The van der Waals surface area contributed by atoms with Crippen LogP contribution in [-0.2, 0) is 4.79 Å². The number of allylic oxidation sites excluding steroid dienone is 2. The second-order valence-corrected chi connectivity index (χ2v) is 7.45. The molecule has 0 aromatic rings. The summed E-state index contributed by atoms with van der Waals surface area (Å²) in [5.41, 5.74) is 1.03. The topological polar surface area (TPSA) is 17.1 Å². The molecule has 1 nitrogen and oxygen atoms in total. The van der Waals surface area contributed by atoms with Crippen LogP contribution in [0.2, 0.25) is 0 Å². The molecule has 0 heterocycles. The van der Waals surface area contributed by atoms with Crippen LogP contribution in [0.3, 0.4) is 0 Å². The summed E-state index contributed by atoms with van der Waals surface area (Å²) in [4.78, 5) is 11.2. The van der Waals surface area contributed by atoms with Crippen LogP contribution >= 0.6 is 0 Å². The highest BCUT2D eigenvalue weighted by atomic mass is 16.1. The summed E-state index contributed by atoms with van der Waals surface area (Å²) in [5, 5.41) is 0. The van der Waals surface area contributed by atoms with Crippen molar-refractivity contribution in [3.8, 4) is 0 Å². The van der Waals surface area contributed by atoms with Gasteiger partial charge in [-0.3, -0.25) is 4.79 Å². The van der Waals surface area contributed by atoms with Crippen molar-refractivity contribution in [3.63, 3.8) is 0 Å². The van der Waals surface area contributed by atoms with Gasteiger partial charge >= 0.3 is 0 Å². The van der Waals surface area contributed by atoms with E-state index in [0.717, 1.165) is 30.6 Å². The first-order chi connectivity index (χ1) is 11.2. The van der Waals surface area contributed by atoms with Crippen LogP contribution < -0.4 is 0 Å². The van der Waals surface area contributed by atoms with Crippen LogP contribution in [0.25, 0.3) is 0 Å². The standard InChI is InChI=1S/C22H42O/c1-5-7-9-11-12-14-16-22(19-23)18-17-21(4)20(3)15-13-10-8-6-2/h18-21H,5-17H2,1-4H3. The Morgan fingerprint density at radius 2 is 1.35 bits per heavy atom. The number of aldehydes is 1. The molecule has 0 rings (SSSR count). The van der Waals surface area contributed by atoms with E-state index >= 15 is 0 Å². The predicted octanol–water partition coefficient (Wildman–Crippen LogP) is 7.50. The van der Waals surface area contributed by atoms with E-state index in [-0.39, 0.29) is 0 Å². The Kier molecular flexibility index (Phi) is 15.9. The number of carbonyl (C=O) groups excluding carboxylic acids is 1. The molecule has 0 aromatic carbocycles. The summed E-state index contributed by atoms with van der Waals surface area (Å²) < 4.78 is 0. The third-order valence-electron chi connectivity index (χ3n) is 5.21. The lowest BCUT2D eigenvalue weighted by molar-refractivity contribution is -0.105. The van der Waals surface area contributed by atoms with Gasteiger partial charge in [-0.05, 0) is 36.7 Å². The third kappa shape index (κ3) is 13.5. The van der Waals surface area contributed by atoms with Gasteiger partial charge in [0, 0.05) is 0 Å². The molecule has 0 aliphatic heterocycles. The summed E-state index contributed by atoms with van der Waals surface area (Å²) in [6, 6.07) is 0. The molecule has 0 fully saturated rings. The van der Waals surface area contributed by atoms with Crippen molar-refractivity contribution < 1.29 is 4.79 Å². The maximum Gasteiger partial charge on any atom is 0.145 e. The van der Waals surface area contributed by atoms with E-state index < -0.39 is 0 Å². The summed E-state index contributed by atoms with van der Waals surface area (Å²) in [6.45, 7) is 9.23. The van der Waals surface area contributed by atoms with E-state index in [2.05, 4.69) is 33.8 Å². The highest BCUT2D eigenvalue weighted by molar-refractivity contribution is 5.72. The van der Waals surface area contributed by atoms with Gasteiger partial charge in [0.25, 0.3) is 0 Å². The highest BCUT2D eigenvalue weighted by Gasteiger charge is 2.11.